The summed E-state index contributed by atoms with van der Waals surface area (Å²) in [4.78, 5) is 74.9. The molecule has 3 aromatic rings. The molecule has 1 fully saturated rings. The standard InChI is InChI=1S/C34H41ClF2N5O9P/c1-18(2)40-51-34(47)21(5)52(48,20(4)33(46)50-38)17-49-24-9-10-25-26(19(3)43)15-41(28(25)12-24)16-30(44)42-14-23(36)11-29(42)32(45)39-13-22-7-6-8-27(35)31(22)37/h6-10,12,15,18,20-21,23,29,40H,11,13-14,16-17,38H2,1-5H3,(H,39,45)/t20-,21-,23+,29-,52?/m0/s1. The fourth-order valence-electron chi connectivity index (χ4n) is 5.75. The molecule has 1 aliphatic rings. The number of hydrogen-bond acceptors (Lipinski definition) is 11. The lowest BCUT2D eigenvalue weighted by Gasteiger charge is -2.27. The van der Waals surface area contributed by atoms with Gasteiger partial charge in [0.1, 0.15) is 48.0 Å². The first-order valence-electron chi connectivity index (χ1n) is 16.3. The quantitative estimate of drug-likeness (QED) is 0.114. The predicted molar refractivity (Wildman–Crippen MR) is 187 cm³/mol. The second-order valence-electron chi connectivity index (χ2n) is 12.8. The molecule has 52 heavy (non-hydrogen) atoms. The molecule has 4 rings (SSSR count). The van der Waals surface area contributed by atoms with Crippen molar-refractivity contribution in [1.29, 1.82) is 0 Å². The summed E-state index contributed by atoms with van der Waals surface area (Å²) in [5.41, 5.74) is 0.512. The van der Waals surface area contributed by atoms with E-state index < -0.39 is 73.1 Å². The molecule has 2 aromatic carbocycles. The monoisotopic (exact) mass is 767 g/mol. The Labute approximate surface area is 303 Å². The van der Waals surface area contributed by atoms with Gasteiger partial charge in [-0.3, -0.25) is 14.4 Å². The number of carbonyl (C=O) groups is 5. The number of nitrogens with zero attached hydrogens (tertiary/aromatic N) is 2. The molecule has 14 nitrogen and oxygen atoms in total. The topological polar surface area (TPSA) is 188 Å². The largest absolute Gasteiger partial charge is 0.486 e. The number of halogens is 3. The van der Waals surface area contributed by atoms with E-state index >= 15 is 0 Å². The van der Waals surface area contributed by atoms with Crippen LogP contribution in [-0.4, -0.2) is 81.5 Å². The maximum absolute atomic E-state index is 14.7. The summed E-state index contributed by atoms with van der Waals surface area (Å²) in [6, 6.07) is 7.39. The number of fused-ring (bicyclic) bond motifs is 1. The van der Waals surface area contributed by atoms with Gasteiger partial charge in [-0.05, 0) is 52.8 Å². The van der Waals surface area contributed by atoms with Crippen LogP contribution in [0, 0.1) is 5.82 Å². The molecule has 18 heteroatoms. The zero-order valence-electron chi connectivity index (χ0n) is 29.2. The molecule has 0 bridgehead atoms. The summed E-state index contributed by atoms with van der Waals surface area (Å²) in [5, 5.41) is 2.86. The zero-order chi connectivity index (χ0) is 38.5. The van der Waals surface area contributed by atoms with Crippen LogP contribution in [0.3, 0.4) is 0 Å². The van der Waals surface area contributed by atoms with Crippen molar-refractivity contribution >= 4 is 59.2 Å². The predicted octanol–water partition coefficient (Wildman–Crippen LogP) is 4.24. The minimum Gasteiger partial charge on any atom is -0.486 e. The van der Waals surface area contributed by atoms with Crippen LogP contribution in [0.15, 0.2) is 42.6 Å². The van der Waals surface area contributed by atoms with Crippen LogP contribution in [0.25, 0.3) is 10.9 Å². The summed E-state index contributed by atoms with van der Waals surface area (Å²) in [6.07, 6.45) is -0.937. The lowest BCUT2D eigenvalue weighted by atomic mass is 10.1. The van der Waals surface area contributed by atoms with E-state index in [2.05, 4.69) is 15.6 Å². The first-order valence-corrected chi connectivity index (χ1v) is 18.7. The summed E-state index contributed by atoms with van der Waals surface area (Å²) in [6.45, 7) is 6.40. The minimum atomic E-state index is -3.94. The Hall–Kier alpha value is -4.37. The second-order valence-corrected chi connectivity index (χ2v) is 16.8. The summed E-state index contributed by atoms with van der Waals surface area (Å²) in [7, 11) is -3.94. The van der Waals surface area contributed by atoms with Gasteiger partial charge in [-0.25, -0.2) is 18.4 Å². The van der Waals surface area contributed by atoms with Gasteiger partial charge in [0.25, 0.3) is 0 Å². The summed E-state index contributed by atoms with van der Waals surface area (Å²) in [5.74, 6) is 0.912. The van der Waals surface area contributed by atoms with E-state index in [0.29, 0.717) is 10.9 Å². The number of carbonyl (C=O) groups excluding carboxylic acids is 5. The Kier molecular flexibility index (Phi) is 13.2. The number of likely N-dealkylation sites (tertiary alicyclic amines) is 1. The highest BCUT2D eigenvalue weighted by Crippen LogP contribution is 2.56. The first kappa shape index (κ1) is 40.4. The molecule has 1 aromatic heterocycles. The number of ketones is 1. The number of hydrogen-bond donors (Lipinski definition) is 3. The second kappa shape index (κ2) is 17.0. The summed E-state index contributed by atoms with van der Waals surface area (Å²) < 4.78 is 50.6. The van der Waals surface area contributed by atoms with Gasteiger partial charge in [-0.1, -0.05) is 23.7 Å². The molecule has 5 atom stereocenters. The number of aromatic nitrogens is 1. The number of alkyl halides is 1. The van der Waals surface area contributed by atoms with E-state index in [9.17, 15) is 37.3 Å². The lowest BCUT2D eigenvalue weighted by molar-refractivity contribution is -0.151. The van der Waals surface area contributed by atoms with E-state index in [1.165, 1.54) is 61.9 Å². The number of nitrogens with two attached hydrogens (primary N) is 1. The van der Waals surface area contributed by atoms with Crippen LogP contribution < -0.4 is 21.4 Å². The molecular formula is C34H41ClF2N5O9P. The van der Waals surface area contributed by atoms with Crippen molar-refractivity contribution in [1.82, 2.24) is 20.3 Å². The molecule has 1 saturated heterocycles. The number of benzene rings is 2. The highest BCUT2D eigenvalue weighted by atomic mass is 35.5. The van der Waals surface area contributed by atoms with Crippen LogP contribution >= 0.6 is 18.7 Å². The molecule has 1 unspecified atom stereocenters. The van der Waals surface area contributed by atoms with Gasteiger partial charge >= 0.3 is 11.9 Å². The van der Waals surface area contributed by atoms with Gasteiger partial charge in [0.15, 0.2) is 12.9 Å². The van der Waals surface area contributed by atoms with Crippen molar-refractivity contribution in [2.24, 2.45) is 5.90 Å². The fraction of sp³-hybridized carbons (Fsp3) is 0.441. The third-order valence-electron chi connectivity index (χ3n) is 8.83. The molecule has 2 amide bonds. The van der Waals surface area contributed by atoms with Gasteiger partial charge in [0.05, 0.1) is 17.1 Å². The van der Waals surface area contributed by atoms with Crippen molar-refractivity contribution in [2.75, 3.05) is 12.9 Å². The molecule has 0 radical (unpaired) electrons. The van der Waals surface area contributed by atoms with Crippen LogP contribution in [0.2, 0.25) is 5.02 Å². The number of Topliss-reactive ketones (excluding diaryl/α,β-unsaturated/α-hetero) is 1. The van der Waals surface area contributed by atoms with Crippen molar-refractivity contribution in [3.8, 4) is 5.75 Å². The van der Waals surface area contributed by atoms with Gasteiger partial charge in [-0.15, -0.1) is 0 Å². The highest BCUT2D eigenvalue weighted by Gasteiger charge is 2.46. The fourth-order valence-corrected chi connectivity index (χ4v) is 8.24. The number of nitrogens with one attached hydrogen (secondary N) is 2. The Morgan fingerprint density at radius 3 is 2.42 bits per heavy atom. The third kappa shape index (κ3) is 8.98. The van der Waals surface area contributed by atoms with Gasteiger partial charge in [-0.2, -0.15) is 11.4 Å². The lowest BCUT2D eigenvalue weighted by Crippen LogP contribution is -2.46. The number of rotatable bonds is 15. The van der Waals surface area contributed by atoms with Crippen LogP contribution in [-0.2, 0) is 46.5 Å². The molecule has 0 saturated carbocycles. The zero-order valence-corrected chi connectivity index (χ0v) is 30.8. The van der Waals surface area contributed by atoms with Crippen molar-refractivity contribution < 1.29 is 51.7 Å². The third-order valence-corrected chi connectivity index (χ3v) is 12.7. The smallest absolute Gasteiger partial charge is 0.334 e. The van der Waals surface area contributed by atoms with Gasteiger partial charge < -0.3 is 33.8 Å². The molecule has 0 spiro atoms. The summed E-state index contributed by atoms with van der Waals surface area (Å²) >= 11 is 5.83. The Bertz CT molecular complexity index is 1910. The van der Waals surface area contributed by atoms with Crippen molar-refractivity contribution in [3.63, 3.8) is 0 Å². The average molecular weight is 768 g/mol. The van der Waals surface area contributed by atoms with Crippen molar-refractivity contribution in [2.45, 2.75) is 83.7 Å². The first-order chi connectivity index (χ1) is 24.5. The SMILES string of the molecule is CC(=O)c1cn(CC(=O)N2C[C@H](F)C[C@H]2C(=O)NCc2cccc(Cl)c2F)c2cc(OCP(=O)([C@@H](C)C(=O)ON)[C@@H](C)C(=O)ONC(C)C)ccc12. The van der Waals surface area contributed by atoms with Gasteiger partial charge in [0.2, 0.25) is 11.8 Å². The van der Waals surface area contributed by atoms with Crippen LogP contribution in [0.5, 0.6) is 5.75 Å². The molecule has 4 N–H and O–H groups in total. The number of ether oxygens (including phenoxy) is 1. The molecule has 2 heterocycles. The van der Waals surface area contributed by atoms with E-state index in [1.807, 2.05) is 0 Å². The van der Waals surface area contributed by atoms with E-state index in [-0.39, 0.29) is 53.2 Å². The van der Waals surface area contributed by atoms with E-state index in [1.54, 1.807) is 19.9 Å². The maximum Gasteiger partial charge on any atom is 0.334 e. The Morgan fingerprint density at radius 1 is 1.08 bits per heavy atom. The normalized spacial score (nSPS) is 18.1. The molecular weight excluding hydrogens is 727 g/mol. The molecule has 282 valence electrons. The van der Waals surface area contributed by atoms with Crippen LogP contribution in [0.4, 0.5) is 8.78 Å². The molecule has 0 aliphatic carbocycles. The Balaban J connectivity index is 1.57. The molecule has 1 aliphatic heterocycles. The van der Waals surface area contributed by atoms with Crippen molar-refractivity contribution in [3.05, 3.63) is 64.6 Å². The Morgan fingerprint density at radius 2 is 1.77 bits per heavy atom. The number of amides is 2. The van der Waals surface area contributed by atoms with E-state index in [4.69, 9.17) is 27.1 Å². The number of hydroxylamine groups is 1. The van der Waals surface area contributed by atoms with Crippen LogP contribution in [0.1, 0.15) is 57.0 Å². The highest BCUT2D eigenvalue weighted by molar-refractivity contribution is 7.67. The van der Waals surface area contributed by atoms with E-state index in [0.717, 1.165) is 4.90 Å². The average Bonchev–Trinajstić information content (AvgIpc) is 3.69. The maximum atomic E-state index is 14.7. The van der Waals surface area contributed by atoms with Gasteiger partial charge in [0, 0.05) is 47.8 Å². The minimum absolute atomic E-state index is 0.110.